The van der Waals surface area contributed by atoms with Crippen molar-refractivity contribution < 1.29 is 52.3 Å². The largest absolute Gasteiger partial charge is 0.516 e. The van der Waals surface area contributed by atoms with E-state index in [1.165, 1.54) is 0 Å². The number of benzene rings is 1. The number of carbonyl (C=O) groups is 4. The van der Waals surface area contributed by atoms with Gasteiger partial charge in [0.25, 0.3) is 0 Å². The highest BCUT2D eigenvalue weighted by Crippen LogP contribution is 2.73. The van der Waals surface area contributed by atoms with Crippen LogP contribution in [0.15, 0.2) is 35.9 Å². The van der Waals surface area contributed by atoms with Gasteiger partial charge in [-0.2, -0.15) is 0 Å². The van der Waals surface area contributed by atoms with Crippen LogP contribution in [0.4, 0.5) is 4.79 Å². The molecule has 1 spiro atoms. The molecular weight excluding hydrogens is 728 g/mol. The maximum absolute atomic E-state index is 13.0. The Morgan fingerprint density at radius 2 is 1.60 bits per heavy atom. The smallest absolute Gasteiger partial charge is 0.497 e. The molecule has 11 heteroatoms. The Balaban J connectivity index is 0.906. The van der Waals surface area contributed by atoms with Crippen LogP contribution in [-0.2, 0) is 42.8 Å². The molecule has 1 unspecified atom stereocenters. The number of carbonyl (C=O) groups excluding carboxylic acids is 4. The summed E-state index contributed by atoms with van der Waals surface area (Å²) in [5.74, 6) is 1.46. The Morgan fingerprint density at radius 3 is 2.28 bits per heavy atom. The number of rotatable bonds is 15. The van der Waals surface area contributed by atoms with Gasteiger partial charge in [0.2, 0.25) is 0 Å². The molecule has 4 aliphatic carbocycles. The molecule has 57 heavy (non-hydrogen) atoms. The van der Waals surface area contributed by atoms with Crippen molar-refractivity contribution >= 4 is 24.1 Å². The summed E-state index contributed by atoms with van der Waals surface area (Å²) >= 11 is 0. The minimum Gasteiger partial charge on any atom is -0.497 e. The summed E-state index contributed by atoms with van der Waals surface area (Å²) in [5.41, 5.74) is 1.57. The van der Waals surface area contributed by atoms with Crippen LogP contribution in [0.3, 0.4) is 0 Å². The molecule has 2 aliphatic heterocycles. The fourth-order valence-corrected chi connectivity index (χ4v) is 12.1. The lowest BCUT2D eigenvalue weighted by molar-refractivity contribution is -0.319. The molecule has 314 valence electrons. The van der Waals surface area contributed by atoms with Crippen LogP contribution in [0.2, 0.25) is 0 Å². The number of ether oxygens (including phenoxy) is 7. The van der Waals surface area contributed by atoms with E-state index in [2.05, 4.69) is 13.8 Å². The van der Waals surface area contributed by atoms with Crippen LogP contribution in [-0.4, -0.2) is 62.2 Å². The fourth-order valence-electron chi connectivity index (χ4n) is 12.1. The van der Waals surface area contributed by atoms with Crippen molar-refractivity contribution in [1.82, 2.24) is 0 Å². The highest BCUT2D eigenvalue weighted by molar-refractivity contribution is 5.85. The highest BCUT2D eigenvalue weighted by Gasteiger charge is 2.74. The molecule has 2 bridgehead atoms. The molecule has 1 aromatic carbocycles. The van der Waals surface area contributed by atoms with Gasteiger partial charge >= 0.3 is 24.1 Å². The zero-order valence-corrected chi connectivity index (χ0v) is 34.7. The molecule has 10 atom stereocenters. The SMILES string of the molecule is COc1ccc(C2O[C@H]3C[C@]4(O2)[C@@H]2CC[C@@H]5C[C@@H](OC(=O)CCCCCCCCC(=O)OC(=O)OCC(C)C)CC[C@]5(C)[C@H]2CC[C@]4(C)[C@H]3C2=CC(=O)OC2)cc1. The van der Waals surface area contributed by atoms with Crippen LogP contribution in [0, 0.1) is 40.4 Å². The van der Waals surface area contributed by atoms with Gasteiger partial charge < -0.3 is 33.2 Å². The van der Waals surface area contributed by atoms with Crippen molar-refractivity contribution in [2.75, 3.05) is 20.3 Å². The Labute approximate surface area is 338 Å². The lowest BCUT2D eigenvalue weighted by Crippen LogP contribution is -2.63. The molecule has 1 saturated heterocycles. The van der Waals surface area contributed by atoms with Crippen LogP contribution < -0.4 is 4.74 Å². The van der Waals surface area contributed by atoms with Gasteiger partial charge in [0.05, 0.1) is 25.4 Å². The minimum atomic E-state index is -0.924. The average Bonchev–Trinajstić information content (AvgIpc) is 3.68. The normalized spacial score (nSPS) is 35.3. The first-order chi connectivity index (χ1) is 27.3. The second kappa shape index (κ2) is 17.4. The fraction of sp³-hybridized carbons (Fsp3) is 0.739. The summed E-state index contributed by atoms with van der Waals surface area (Å²) in [5, 5.41) is 0. The van der Waals surface area contributed by atoms with Crippen molar-refractivity contribution in [3.8, 4) is 5.75 Å². The second-order valence-corrected chi connectivity index (χ2v) is 18.7. The summed E-state index contributed by atoms with van der Waals surface area (Å²) in [7, 11) is 1.67. The Bertz CT molecular complexity index is 1650. The third kappa shape index (κ3) is 8.52. The number of fused-ring (bicyclic) bond motifs is 4. The van der Waals surface area contributed by atoms with E-state index in [9.17, 15) is 19.2 Å². The van der Waals surface area contributed by atoms with Gasteiger partial charge in [-0.25, -0.2) is 9.59 Å². The zero-order chi connectivity index (χ0) is 40.4. The average molecular weight is 793 g/mol. The highest BCUT2D eigenvalue weighted by atomic mass is 16.7. The van der Waals surface area contributed by atoms with Crippen molar-refractivity contribution in [3.63, 3.8) is 0 Å². The van der Waals surface area contributed by atoms with Crippen LogP contribution in [0.1, 0.15) is 142 Å². The van der Waals surface area contributed by atoms with Gasteiger partial charge in [0.15, 0.2) is 6.29 Å². The first-order valence-electron chi connectivity index (χ1n) is 21.8. The second-order valence-electron chi connectivity index (χ2n) is 18.7. The predicted molar refractivity (Wildman–Crippen MR) is 210 cm³/mol. The van der Waals surface area contributed by atoms with Gasteiger partial charge in [-0.3, -0.25) is 9.59 Å². The Kier molecular flexibility index (Phi) is 12.7. The third-order valence-corrected chi connectivity index (χ3v) is 14.9. The maximum Gasteiger partial charge on any atom is 0.516 e. The number of esters is 3. The monoisotopic (exact) mass is 792 g/mol. The van der Waals surface area contributed by atoms with Crippen molar-refractivity contribution in [3.05, 3.63) is 41.5 Å². The standard InChI is InChI=1S/C46H64O11/c1-29(2)27-53-43(50)56-39(48)13-11-9-7-6-8-10-12-38(47)54-34-20-22-44(3)32(25-34)16-19-36-35(44)21-23-45(4)41(31-24-40(49)52-28-31)37-26-46(36,45)57-42(55-37)30-14-17-33(51-5)18-15-30/h14-15,17-18,24,29,32,34-37,41-42H,6-13,16,19-23,25-28H2,1-5H3/t32-,34+,35+,36-,37+,41+,42?,44+,45-,46+/m1/s1. The summed E-state index contributed by atoms with van der Waals surface area (Å²) in [6.07, 6.45) is 13.9. The predicted octanol–water partition coefficient (Wildman–Crippen LogP) is 9.35. The summed E-state index contributed by atoms with van der Waals surface area (Å²) in [4.78, 5) is 48.8. The minimum absolute atomic E-state index is 0.0348. The molecule has 5 fully saturated rings. The molecule has 0 amide bonds. The zero-order valence-electron chi connectivity index (χ0n) is 34.7. The van der Waals surface area contributed by atoms with E-state index in [1.54, 1.807) is 13.2 Å². The lowest BCUT2D eigenvalue weighted by Gasteiger charge is -2.65. The molecule has 6 aliphatic rings. The van der Waals surface area contributed by atoms with Crippen LogP contribution in [0.5, 0.6) is 5.75 Å². The first kappa shape index (κ1) is 41.7. The van der Waals surface area contributed by atoms with Gasteiger partial charge in [0.1, 0.15) is 18.5 Å². The number of methoxy groups -OCH3 is 1. The number of hydrogen-bond donors (Lipinski definition) is 0. The van der Waals surface area contributed by atoms with Crippen molar-refractivity contribution in [2.45, 2.75) is 155 Å². The third-order valence-electron chi connectivity index (χ3n) is 14.9. The van der Waals surface area contributed by atoms with Crippen molar-refractivity contribution in [1.29, 1.82) is 0 Å². The van der Waals surface area contributed by atoms with E-state index in [0.29, 0.717) is 37.2 Å². The molecule has 4 saturated carbocycles. The van der Waals surface area contributed by atoms with Crippen LogP contribution >= 0.6 is 0 Å². The molecule has 0 N–H and O–H groups in total. The molecule has 2 heterocycles. The number of cyclic esters (lactones) is 1. The molecule has 7 rings (SSSR count). The Morgan fingerprint density at radius 1 is 0.877 bits per heavy atom. The van der Waals surface area contributed by atoms with Gasteiger partial charge in [-0.15, -0.1) is 0 Å². The lowest BCUT2D eigenvalue weighted by atomic mass is 9.43. The molecular formula is C46H64O11. The van der Waals surface area contributed by atoms with E-state index in [4.69, 9.17) is 33.2 Å². The summed E-state index contributed by atoms with van der Waals surface area (Å²) < 4.78 is 40.9. The van der Waals surface area contributed by atoms with E-state index in [1.807, 2.05) is 38.1 Å². The van der Waals surface area contributed by atoms with E-state index in [0.717, 1.165) is 100 Å². The molecule has 1 aromatic rings. The number of unbranched alkanes of at least 4 members (excludes halogenated alkanes) is 5. The topological polar surface area (TPSA) is 133 Å². The van der Waals surface area contributed by atoms with Gasteiger partial charge in [-0.1, -0.05) is 65.5 Å². The van der Waals surface area contributed by atoms with E-state index in [-0.39, 0.29) is 59.8 Å². The van der Waals surface area contributed by atoms with E-state index >= 15 is 0 Å². The summed E-state index contributed by atoms with van der Waals surface area (Å²) in [6, 6.07) is 8.01. The van der Waals surface area contributed by atoms with Gasteiger partial charge in [-0.05, 0) is 105 Å². The van der Waals surface area contributed by atoms with Crippen LogP contribution in [0.25, 0.3) is 0 Å². The molecule has 11 nitrogen and oxygen atoms in total. The molecule has 0 radical (unpaired) electrons. The van der Waals surface area contributed by atoms with E-state index < -0.39 is 24.0 Å². The summed E-state index contributed by atoms with van der Waals surface area (Å²) in [6.45, 7) is 9.29. The Hall–Kier alpha value is -3.44. The number of hydrogen-bond acceptors (Lipinski definition) is 11. The maximum atomic E-state index is 13.0. The van der Waals surface area contributed by atoms with Crippen molar-refractivity contribution in [2.24, 2.45) is 40.4 Å². The quantitative estimate of drug-likeness (QED) is 0.0728. The first-order valence-corrected chi connectivity index (χ1v) is 21.8. The molecule has 0 aromatic heterocycles. The van der Waals surface area contributed by atoms with Gasteiger partial charge in [0, 0.05) is 42.2 Å².